The number of aryl methyl sites for hydroxylation is 1. The van der Waals surface area contributed by atoms with Crippen LogP contribution in [0.3, 0.4) is 0 Å². The Kier molecular flexibility index (Phi) is 8.88. The van der Waals surface area contributed by atoms with Crippen LogP contribution >= 0.6 is 23.1 Å². The lowest BCUT2D eigenvalue weighted by Crippen LogP contribution is -2.30. The molecular weight excluding hydrogens is 535 g/mol. The number of amides is 1. The van der Waals surface area contributed by atoms with Crippen molar-refractivity contribution in [3.8, 4) is 6.07 Å². The van der Waals surface area contributed by atoms with E-state index in [0.717, 1.165) is 16.1 Å². The van der Waals surface area contributed by atoms with E-state index in [-0.39, 0.29) is 17.4 Å². The summed E-state index contributed by atoms with van der Waals surface area (Å²) < 4.78 is 0. The zero-order valence-electron chi connectivity index (χ0n) is 22.8. The molecule has 2 heterocycles. The standard InChI is InChI=1S/C33H33N3O2S2/c1-21-9-6-7-12-27(21)36-32(38)30-22(2)35-33(26(19-34)31(30)29-13-8-18-39-29)40-20-28(37)25-16-14-24(15-17-25)23-10-4-3-5-11-23/h6-9,12-18,23,31,35H,3-5,10-11,20H2,1-2H3,(H,36,38)/t31-/m1/s1. The second-order valence-corrected chi connectivity index (χ2v) is 12.4. The van der Waals surface area contributed by atoms with Crippen LogP contribution in [0.15, 0.2) is 87.9 Å². The molecule has 7 heteroatoms. The van der Waals surface area contributed by atoms with Crippen molar-refractivity contribution in [1.82, 2.24) is 5.32 Å². The number of hydrogen-bond acceptors (Lipinski definition) is 6. The Hall–Kier alpha value is -3.60. The highest BCUT2D eigenvalue weighted by Gasteiger charge is 2.35. The van der Waals surface area contributed by atoms with E-state index in [1.54, 1.807) is 0 Å². The first-order valence-corrected chi connectivity index (χ1v) is 15.6. The van der Waals surface area contributed by atoms with Gasteiger partial charge in [0.25, 0.3) is 5.91 Å². The number of anilines is 1. The molecule has 204 valence electrons. The van der Waals surface area contributed by atoms with Crippen molar-refractivity contribution in [3.63, 3.8) is 0 Å². The molecule has 0 spiro atoms. The number of thiophene rings is 1. The fourth-order valence-electron chi connectivity index (χ4n) is 5.57. The minimum atomic E-state index is -0.511. The number of nitriles is 1. The van der Waals surface area contributed by atoms with E-state index in [2.05, 4.69) is 28.8 Å². The van der Waals surface area contributed by atoms with Crippen LogP contribution in [-0.4, -0.2) is 17.4 Å². The number of carbonyl (C=O) groups is 2. The van der Waals surface area contributed by atoms with E-state index < -0.39 is 5.92 Å². The van der Waals surface area contributed by atoms with Crippen LogP contribution in [0.25, 0.3) is 0 Å². The highest BCUT2D eigenvalue weighted by molar-refractivity contribution is 8.03. The van der Waals surface area contributed by atoms with E-state index in [0.29, 0.717) is 33.4 Å². The van der Waals surface area contributed by atoms with Crippen LogP contribution < -0.4 is 10.6 Å². The number of ketones is 1. The molecule has 1 aliphatic carbocycles. The smallest absolute Gasteiger partial charge is 0.254 e. The van der Waals surface area contributed by atoms with Gasteiger partial charge in [0.1, 0.15) is 0 Å². The van der Waals surface area contributed by atoms with Crippen molar-refractivity contribution in [2.24, 2.45) is 0 Å². The van der Waals surface area contributed by atoms with Gasteiger partial charge in [0.05, 0.1) is 28.3 Å². The minimum absolute atomic E-state index is 0.0178. The summed E-state index contributed by atoms with van der Waals surface area (Å²) in [6.45, 7) is 3.80. The topological polar surface area (TPSA) is 82.0 Å². The Bertz CT molecular complexity index is 1490. The minimum Gasteiger partial charge on any atom is -0.353 e. The first-order chi connectivity index (χ1) is 19.5. The van der Waals surface area contributed by atoms with Crippen LogP contribution in [0, 0.1) is 18.3 Å². The van der Waals surface area contributed by atoms with Crippen molar-refractivity contribution < 1.29 is 9.59 Å². The van der Waals surface area contributed by atoms with Crippen LogP contribution in [0.4, 0.5) is 5.69 Å². The summed E-state index contributed by atoms with van der Waals surface area (Å²) in [5.74, 6) is 0.0597. The Labute approximate surface area is 244 Å². The first kappa shape index (κ1) is 27.9. The highest BCUT2D eigenvalue weighted by Crippen LogP contribution is 2.42. The number of dihydropyridines is 1. The van der Waals surface area contributed by atoms with Crippen LogP contribution in [0.1, 0.15) is 77.2 Å². The number of thioether (sulfide) groups is 1. The summed E-state index contributed by atoms with van der Waals surface area (Å²) in [5.41, 5.74) is 5.34. The SMILES string of the molecule is CC1=C(C(=O)Nc2ccccc2C)[C@@H](c2cccs2)C(C#N)=C(SCC(=O)c2ccc(C3CCCCC3)cc2)N1. The zero-order valence-corrected chi connectivity index (χ0v) is 24.5. The molecule has 2 N–H and O–H groups in total. The van der Waals surface area contributed by atoms with Gasteiger partial charge in [-0.2, -0.15) is 5.26 Å². The lowest BCUT2D eigenvalue weighted by atomic mass is 9.84. The Morgan fingerprint density at radius 1 is 1.02 bits per heavy atom. The number of nitrogens with zero attached hydrogens (tertiary/aromatic N) is 1. The molecule has 1 atom stereocenters. The number of allylic oxidation sites excluding steroid dienone is 2. The van der Waals surface area contributed by atoms with E-state index in [9.17, 15) is 14.9 Å². The van der Waals surface area contributed by atoms with Gasteiger partial charge in [0, 0.05) is 27.4 Å². The number of Topliss-reactive ketones (excluding diaryl/α,β-unsaturated/α-hetero) is 1. The zero-order chi connectivity index (χ0) is 28.1. The third-order valence-electron chi connectivity index (χ3n) is 7.77. The van der Waals surface area contributed by atoms with Gasteiger partial charge < -0.3 is 10.6 Å². The molecule has 1 amide bonds. The van der Waals surface area contributed by atoms with Crippen LogP contribution in [0.5, 0.6) is 0 Å². The average Bonchev–Trinajstić information content (AvgIpc) is 3.52. The number of rotatable bonds is 8. The third-order valence-corrected chi connectivity index (χ3v) is 9.72. The van der Waals surface area contributed by atoms with Crippen LogP contribution in [-0.2, 0) is 4.79 Å². The molecule has 0 unspecified atom stereocenters. The molecule has 0 saturated heterocycles. The van der Waals surface area contributed by atoms with E-state index >= 15 is 0 Å². The molecule has 1 aromatic heterocycles. The fourth-order valence-corrected chi connectivity index (χ4v) is 7.40. The number of hydrogen-bond donors (Lipinski definition) is 2. The molecule has 3 aromatic rings. The molecule has 40 heavy (non-hydrogen) atoms. The summed E-state index contributed by atoms with van der Waals surface area (Å²) in [5, 5.41) is 19.2. The summed E-state index contributed by atoms with van der Waals surface area (Å²) in [4.78, 5) is 27.7. The second kappa shape index (κ2) is 12.7. The number of para-hydroxylation sites is 1. The predicted molar refractivity (Wildman–Crippen MR) is 164 cm³/mol. The Morgan fingerprint density at radius 3 is 2.45 bits per heavy atom. The molecule has 1 aliphatic heterocycles. The van der Waals surface area contributed by atoms with Gasteiger partial charge in [0.2, 0.25) is 0 Å². The molecule has 1 fully saturated rings. The molecule has 5 nitrogen and oxygen atoms in total. The summed E-state index contributed by atoms with van der Waals surface area (Å²) >= 11 is 2.84. The number of benzene rings is 2. The molecule has 0 bridgehead atoms. The van der Waals surface area contributed by atoms with Gasteiger partial charge in [-0.1, -0.05) is 79.6 Å². The first-order valence-electron chi connectivity index (χ1n) is 13.7. The van der Waals surface area contributed by atoms with Gasteiger partial charge in [-0.15, -0.1) is 11.3 Å². The van der Waals surface area contributed by atoms with E-state index in [4.69, 9.17) is 0 Å². The Balaban J connectivity index is 1.35. The molecule has 1 saturated carbocycles. The van der Waals surface area contributed by atoms with Crippen molar-refractivity contribution >= 4 is 40.5 Å². The highest BCUT2D eigenvalue weighted by atomic mass is 32.2. The average molecular weight is 568 g/mol. The lowest BCUT2D eigenvalue weighted by molar-refractivity contribution is -0.113. The fraction of sp³-hybridized carbons (Fsp3) is 0.303. The van der Waals surface area contributed by atoms with Gasteiger partial charge in [-0.3, -0.25) is 9.59 Å². The molecule has 5 rings (SSSR count). The quantitative estimate of drug-likeness (QED) is 0.269. The number of carbonyl (C=O) groups excluding carboxylic acids is 2. The van der Waals surface area contributed by atoms with Gasteiger partial charge in [-0.25, -0.2) is 0 Å². The molecular formula is C33H33N3O2S2. The summed E-state index contributed by atoms with van der Waals surface area (Å²) in [6.07, 6.45) is 6.33. The van der Waals surface area contributed by atoms with Crippen molar-refractivity contribution in [3.05, 3.63) is 109 Å². The van der Waals surface area contributed by atoms with E-state index in [1.807, 2.05) is 67.8 Å². The monoisotopic (exact) mass is 567 g/mol. The Morgan fingerprint density at radius 2 is 1.77 bits per heavy atom. The third kappa shape index (κ3) is 6.09. The lowest BCUT2D eigenvalue weighted by Gasteiger charge is -2.29. The van der Waals surface area contributed by atoms with Crippen molar-refractivity contribution in [1.29, 1.82) is 5.26 Å². The summed E-state index contributed by atoms with van der Waals surface area (Å²) in [6, 6.07) is 22.0. The van der Waals surface area contributed by atoms with E-state index in [1.165, 1.54) is 60.8 Å². The van der Waals surface area contributed by atoms with Crippen molar-refractivity contribution in [2.75, 3.05) is 11.1 Å². The van der Waals surface area contributed by atoms with Crippen LogP contribution in [0.2, 0.25) is 0 Å². The van der Waals surface area contributed by atoms with Gasteiger partial charge in [0.15, 0.2) is 5.78 Å². The molecule has 2 aliphatic rings. The predicted octanol–water partition coefficient (Wildman–Crippen LogP) is 8.06. The summed E-state index contributed by atoms with van der Waals surface area (Å²) in [7, 11) is 0. The van der Waals surface area contributed by atoms with Crippen molar-refractivity contribution in [2.45, 2.75) is 57.8 Å². The maximum Gasteiger partial charge on any atom is 0.254 e. The normalized spacial score (nSPS) is 17.8. The maximum atomic E-state index is 13.6. The van der Waals surface area contributed by atoms with Gasteiger partial charge in [-0.05, 0) is 61.2 Å². The van der Waals surface area contributed by atoms with Gasteiger partial charge >= 0.3 is 0 Å². The largest absolute Gasteiger partial charge is 0.353 e. The molecule has 2 aromatic carbocycles. The second-order valence-electron chi connectivity index (χ2n) is 10.4. The molecule has 0 radical (unpaired) electrons. The number of nitrogens with one attached hydrogen (secondary N) is 2. The maximum absolute atomic E-state index is 13.6.